The van der Waals surface area contributed by atoms with E-state index in [0.717, 1.165) is 86.3 Å². The highest BCUT2D eigenvalue weighted by Gasteiger charge is 2.21. The summed E-state index contributed by atoms with van der Waals surface area (Å²) < 4.78 is 72.7. The van der Waals surface area contributed by atoms with Crippen LogP contribution in [0.3, 0.4) is 0 Å². The lowest BCUT2D eigenvalue weighted by Crippen LogP contribution is -2.04. The third kappa shape index (κ3) is 5.95. The van der Waals surface area contributed by atoms with Gasteiger partial charge in [0.05, 0.1) is 26.3 Å². The van der Waals surface area contributed by atoms with Gasteiger partial charge < -0.3 is 8.98 Å². The van der Waals surface area contributed by atoms with E-state index in [1.165, 1.54) is 6.07 Å². The zero-order valence-electron chi connectivity index (χ0n) is 42.2. The van der Waals surface area contributed by atoms with E-state index >= 15 is 0 Å². The number of fused-ring (bicyclic) bond motifs is 10. The molecule has 0 fully saturated rings. The fourth-order valence-corrected chi connectivity index (χ4v) is 10.8. The van der Waals surface area contributed by atoms with Crippen LogP contribution in [0.1, 0.15) is 9.60 Å². The first-order valence-corrected chi connectivity index (χ1v) is 22.6. The summed E-state index contributed by atoms with van der Waals surface area (Å²) in [4.78, 5) is 20.0. The number of para-hydroxylation sites is 5. The average molecular weight is 881 g/mol. The van der Waals surface area contributed by atoms with Crippen molar-refractivity contribution in [1.29, 1.82) is 0 Å². The Labute approximate surface area is 397 Å². The van der Waals surface area contributed by atoms with Crippen molar-refractivity contribution < 1.29 is 14.0 Å². The predicted octanol–water partition coefficient (Wildman–Crippen LogP) is 16.1. The maximum Gasteiger partial charge on any atom is 0.166 e. The Morgan fingerprint density at radius 1 is 0.463 bits per heavy atom. The topological polar surface area (TPSA) is 69.6 Å². The molecule has 0 unspecified atom stereocenters. The van der Waals surface area contributed by atoms with Crippen LogP contribution in [0.5, 0.6) is 0 Å². The summed E-state index contributed by atoms with van der Waals surface area (Å²) in [7, 11) is 0. The van der Waals surface area contributed by atoms with Gasteiger partial charge in [0.1, 0.15) is 11.2 Å². The molecule has 67 heavy (non-hydrogen) atoms. The first-order chi connectivity index (χ1) is 36.1. The summed E-state index contributed by atoms with van der Waals surface area (Å²) >= 11 is 1.75. The van der Waals surface area contributed by atoms with E-state index in [9.17, 15) is 2.74 Å². The molecule has 0 spiro atoms. The van der Waals surface area contributed by atoms with Crippen LogP contribution in [0, 0.1) is 0 Å². The van der Waals surface area contributed by atoms with Gasteiger partial charge in [0.15, 0.2) is 17.5 Å². The number of nitrogens with zero attached hydrogens (tertiary/aromatic N) is 5. The molecular weight excluding hydrogens is 839 g/mol. The predicted molar refractivity (Wildman–Crippen MR) is 277 cm³/mol. The Morgan fingerprint density at radius 2 is 1.16 bits per heavy atom. The number of hydrogen-bond acceptors (Lipinski definition) is 6. The van der Waals surface area contributed by atoms with E-state index < -0.39 is 12.1 Å². The molecule has 5 aromatic heterocycles. The van der Waals surface area contributed by atoms with E-state index in [1.807, 2.05) is 66.7 Å². The molecule has 312 valence electrons. The van der Waals surface area contributed by atoms with Crippen LogP contribution < -0.4 is 0 Å². The van der Waals surface area contributed by atoms with Gasteiger partial charge in [-0.25, -0.2) is 15.0 Å². The fourth-order valence-electron chi connectivity index (χ4n) is 9.62. The van der Waals surface area contributed by atoms with Crippen molar-refractivity contribution in [1.82, 2.24) is 24.5 Å². The van der Waals surface area contributed by atoms with Gasteiger partial charge in [-0.15, -0.1) is 11.3 Å². The maximum atomic E-state index is 9.22. The summed E-state index contributed by atoms with van der Waals surface area (Å²) in [6, 6.07) is 49.8. The van der Waals surface area contributed by atoms with E-state index in [-0.39, 0.29) is 57.8 Å². The molecule has 9 aromatic carbocycles. The molecule has 0 aliphatic carbocycles. The Balaban J connectivity index is 0.957. The fraction of sp³-hybridized carbons (Fsp3) is 0. The number of aromatic nitrogens is 5. The average Bonchev–Trinajstić information content (AvgIpc) is 4.19. The van der Waals surface area contributed by atoms with E-state index in [0.29, 0.717) is 22.9 Å². The van der Waals surface area contributed by atoms with Crippen molar-refractivity contribution in [3.63, 3.8) is 0 Å². The number of thiophene rings is 1. The number of pyridine rings is 1. The van der Waals surface area contributed by atoms with Gasteiger partial charge in [-0.05, 0) is 76.6 Å². The van der Waals surface area contributed by atoms with Gasteiger partial charge in [-0.1, -0.05) is 145 Å². The monoisotopic (exact) mass is 880 g/mol. The van der Waals surface area contributed by atoms with Crippen LogP contribution in [0.2, 0.25) is 0 Å². The normalized spacial score (nSPS) is 13.3. The van der Waals surface area contributed by atoms with Crippen LogP contribution >= 0.6 is 11.3 Å². The van der Waals surface area contributed by atoms with Gasteiger partial charge in [-0.3, -0.25) is 4.98 Å². The maximum absolute atomic E-state index is 9.22. The van der Waals surface area contributed by atoms with Gasteiger partial charge in [0.2, 0.25) is 0 Å². The molecule has 0 aliphatic rings. The van der Waals surface area contributed by atoms with Crippen LogP contribution in [-0.2, 0) is 0 Å². The molecule has 0 bridgehead atoms. The molecular formula is C60H35N5OS. The minimum Gasteiger partial charge on any atom is -0.455 e. The Kier molecular flexibility index (Phi) is 6.92. The molecule has 0 aliphatic heterocycles. The second-order valence-corrected chi connectivity index (χ2v) is 17.5. The third-order valence-corrected chi connectivity index (χ3v) is 13.9. The SMILES string of the molecule is [2H]c1cc([2H])c2c(c1[2H])c1c([2H])c([2H])c([2H])c([2H])c1n2-c1ccccc1-c1nc(-c2cccc(-c3cccc4c3sc3ccc(-c5cccc6c5oc5ccccc56)cc34)c2)nc(-c2cccc3cnccc23)n1. The first kappa shape index (κ1) is 31.2. The molecule has 0 N–H and O–H groups in total. The van der Waals surface area contributed by atoms with Gasteiger partial charge in [-0.2, -0.15) is 0 Å². The van der Waals surface area contributed by atoms with Gasteiger partial charge in [0.25, 0.3) is 0 Å². The molecule has 6 nitrogen and oxygen atoms in total. The Bertz CT molecular complexity index is 4730. The lowest BCUT2D eigenvalue weighted by molar-refractivity contribution is 0.670. The summed E-state index contributed by atoms with van der Waals surface area (Å²) in [5, 5.41) is 6.40. The quantitative estimate of drug-likeness (QED) is 0.166. The summed E-state index contributed by atoms with van der Waals surface area (Å²) in [6.07, 6.45) is 3.53. The molecule has 0 saturated heterocycles. The van der Waals surface area contributed by atoms with E-state index in [1.54, 1.807) is 40.4 Å². The standard InChI is InChI=1S/C60H35N5OS/c1-5-25-51-43(16-1)44-17-2-6-26-52(44)65(51)53-27-7-3-19-49(53)60-63-58(62-59(64-60)48-24-10-15-39-35-61-32-31-40(39)48)38-14-9-13-36(33-38)42-21-12-23-47-50-34-37(29-30-55(50)67-57(42)47)41-20-11-22-46-45-18-4-8-28-54(45)66-56(41)46/h1-35H/i1D,2D,5D,16D,17D,25D,26D. The van der Waals surface area contributed by atoms with Crippen molar-refractivity contribution in [3.05, 3.63) is 212 Å². The molecule has 0 atom stereocenters. The van der Waals surface area contributed by atoms with Crippen molar-refractivity contribution in [2.24, 2.45) is 0 Å². The zero-order valence-corrected chi connectivity index (χ0v) is 36.0. The Hall–Kier alpha value is -8.78. The highest BCUT2D eigenvalue weighted by molar-refractivity contribution is 7.26. The van der Waals surface area contributed by atoms with Crippen LogP contribution in [-0.4, -0.2) is 24.5 Å². The van der Waals surface area contributed by atoms with Crippen molar-refractivity contribution in [2.75, 3.05) is 0 Å². The minimum atomic E-state index is -0.471. The third-order valence-electron chi connectivity index (χ3n) is 12.7. The van der Waals surface area contributed by atoms with Crippen LogP contribution in [0.25, 0.3) is 137 Å². The second kappa shape index (κ2) is 14.9. The van der Waals surface area contributed by atoms with E-state index in [2.05, 4.69) is 77.8 Å². The summed E-state index contributed by atoms with van der Waals surface area (Å²) in [5.41, 5.74) is 8.47. The number of furan rings is 1. The molecule has 7 heteroatoms. The smallest absolute Gasteiger partial charge is 0.166 e. The lowest BCUT2D eigenvalue weighted by Gasteiger charge is -2.15. The molecule has 0 radical (unpaired) electrons. The zero-order chi connectivity index (χ0) is 50.1. The highest BCUT2D eigenvalue weighted by atomic mass is 32.1. The van der Waals surface area contributed by atoms with Crippen LogP contribution in [0.15, 0.2) is 217 Å². The van der Waals surface area contributed by atoms with Crippen molar-refractivity contribution in [2.45, 2.75) is 0 Å². The van der Waals surface area contributed by atoms with Gasteiger partial charge in [0, 0.05) is 81.8 Å². The number of hydrogen-bond donors (Lipinski definition) is 0. The molecule has 14 aromatic rings. The van der Waals surface area contributed by atoms with Crippen LogP contribution in [0.4, 0.5) is 0 Å². The molecule has 0 amide bonds. The summed E-state index contributed by atoms with van der Waals surface area (Å²) in [5.74, 6) is 1.04. The van der Waals surface area contributed by atoms with Crippen molar-refractivity contribution >= 4 is 86.0 Å². The minimum absolute atomic E-state index is 0.0565. The highest BCUT2D eigenvalue weighted by Crippen LogP contribution is 2.44. The Morgan fingerprint density at radius 3 is 2.12 bits per heavy atom. The molecule has 14 rings (SSSR count). The number of benzene rings is 9. The largest absolute Gasteiger partial charge is 0.455 e. The molecule has 5 heterocycles. The summed E-state index contributed by atoms with van der Waals surface area (Å²) in [6.45, 7) is 0. The van der Waals surface area contributed by atoms with Crippen molar-refractivity contribution in [3.8, 4) is 62.1 Å². The molecule has 0 saturated carbocycles. The van der Waals surface area contributed by atoms with Gasteiger partial charge >= 0.3 is 0 Å². The van der Waals surface area contributed by atoms with E-state index in [4.69, 9.17) is 26.2 Å². The first-order valence-electron chi connectivity index (χ1n) is 25.3. The second-order valence-electron chi connectivity index (χ2n) is 16.4. The lowest BCUT2D eigenvalue weighted by atomic mass is 9.98. The number of rotatable bonds is 6.